The van der Waals surface area contributed by atoms with Gasteiger partial charge >= 0.3 is 0 Å². The molecule has 5 rings (SSSR count). The van der Waals surface area contributed by atoms with Crippen molar-refractivity contribution in [3.8, 4) is 28.5 Å². The SMILES string of the molecule is COc1ccc(C=NNC(=O)c2cc(-c3ccc4c5c(cccc35)CC4)n[nH]2)c(OC)c1OC. The van der Waals surface area contributed by atoms with Gasteiger partial charge in [-0.25, -0.2) is 5.43 Å². The number of hydrazone groups is 1. The van der Waals surface area contributed by atoms with Gasteiger partial charge in [-0.3, -0.25) is 9.89 Å². The van der Waals surface area contributed by atoms with Gasteiger partial charge in [0.25, 0.3) is 5.91 Å². The van der Waals surface area contributed by atoms with E-state index in [1.165, 1.54) is 36.9 Å². The van der Waals surface area contributed by atoms with Crippen molar-refractivity contribution in [1.82, 2.24) is 15.6 Å². The third-order valence-corrected chi connectivity index (χ3v) is 6.08. The highest BCUT2D eigenvalue weighted by atomic mass is 16.5. The fourth-order valence-corrected chi connectivity index (χ4v) is 4.49. The van der Waals surface area contributed by atoms with E-state index in [2.05, 4.69) is 51.1 Å². The molecule has 8 heteroatoms. The lowest BCUT2D eigenvalue weighted by Crippen LogP contribution is -2.18. The molecule has 0 saturated heterocycles. The van der Waals surface area contributed by atoms with E-state index in [9.17, 15) is 4.79 Å². The standard InChI is InChI=1S/C26H24N4O4/c1-32-22-12-10-17(24(33-2)25(22)34-3)14-27-30-26(31)21-13-20(28-29-21)18-11-9-16-8-7-15-5-4-6-19(18)23(15)16/h4-6,9-14H,7-8H2,1-3H3,(H,28,29)(H,30,31). The summed E-state index contributed by atoms with van der Waals surface area (Å²) in [5, 5.41) is 13.7. The zero-order chi connectivity index (χ0) is 23.7. The first-order valence-electron chi connectivity index (χ1n) is 10.9. The molecule has 0 unspecified atom stereocenters. The van der Waals surface area contributed by atoms with E-state index < -0.39 is 5.91 Å². The molecule has 0 fully saturated rings. The number of methoxy groups -OCH3 is 3. The number of aryl methyl sites for hydroxylation is 2. The number of hydrogen-bond donors (Lipinski definition) is 2. The monoisotopic (exact) mass is 456 g/mol. The summed E-state index contributed by atoms with van der Waals surface area (Å²) in [5.74, 6) is 1.04. The highest BCUT2D eigenvalue weighted by Crippen LogP contribution is 2.39. The second-order valence-electron chi connectivity index (χ2n) is 7.90. The molecule has 3 aromatic carbocycles. The van der Waals surface area contributed by atoms with Crippen LogP contribution < -0.4 is 19.6 Å². The van der Waals surface area contributed by atoms with Crippen LogP contribution in [0.4, 0.5) is 0 Å². The molecule has 0 radical (unpaired) electrons. The quantitative estimate of drug-likeness (QED) is 0.322. The molecule has 34 heavy (non-hydrogen) atoms. The Morgan fingerprint density at radius 2 is 1.79 bits per heavy atom. The number of nitrogens with one attached hydrogen (secondary N) is 2. The molecule has 0 atom stereocenters. The largest absolute Gasteiger partial charge is 0.493 e. The summed E-state index contributed by atoms with van der Waals surface area (Å²) in [7, 11) is 4.61. The molecule has 1 amide bonds. The minimum absolute atomic E-state index is 0.315. The zero-order valence-corrected chi connectivity index (χ0v) is 19.1. The fourth-order valence-electron chi connectivity index (χ4n) is 4.49. The number of aromatic nitrogens is 2. The summed E-state index contributed by atoms with van der Waals surface area (Å²) in [6.07, 6.45) is 3.61. The van der Waals surface area contributed by atoms with Crippen LogP contribution in [0.25, 0.3) is 22.0 Å². The lowest BCUT2D eigenvalue weighted by atomic mass is 9.98. The molecule has 1 aliphatic rings. The Balaban J connectivity index is 1.36. The average molecular weight is 457 g/mol. The molecule has 0 bridgehead atoms. The van der Waals surface area contributed by atoms with Crippen molar-refractivity contribution >= 4 is 22.9 Å². The Morgan fingerprint density at radius 1 is 1.00 bits per heavy atom. The van der Waals surface area contributed by atoms with Crippen LogP contribution in [0.1, 0.15) is 27.2 Å². The molecule has 0 spiro atoms. The Bertz CT molecular complexity index is 1410. The average Bonchev–Trinajstić information content (AvgIpc) is 3.53. The van der Waals surface area contributed by atoms with Crippen molar-refractivity contribution in [3.63, 3.8) is 0 Å². The number of rotatable bonds is 7. The molecule has 1 heterocycles. The van der Waals surface area contributed by atoms with Crippen molar-refractivity contribution in [2.24, 2.45) is 5.10 Å². The van der Waals surface area contributed by atoms with E-state index in [1.807, 2.05) is 0 Å². The minimum atomic E-state index is -0.402. The lowest BCUT2D eigenvalue weighted by Gasteiger charge is -2.13. The summed E-state index contributed by atoms with van der Waals surface area (Å²) < 4.78 is 16.1. The molecule has 0 aliphatic heterocycles. The van der Waals surface area contributed by atoms with Gasteiger partial charge in [0.15, 0.2) is 11.5 Å². The van der Waals surface area contributed by atoms with E-state index in [4.69, 9.17) is 14.2 Å². The van der Waals surface area contributed by atoms with Gasteiger partial charge in [0.05, 0.1) is 33.2 Å². The van der Waals surface area contributed by atoms with E-state index in [0.29, 0.717) is 34.2 Å². The highest BCUT2D eigenvalue weighted by molar-refractivity contribution is 6.02. The first-order valence-corrected chi connectivity index (χ1v) is 10.9. The van der Waals surface area contributed by atoms with Crippen LogP contribution in [-0.2, 0) is 12.8 Å². The number of benzene rings is 3. The van der Waals surface area contributed by atoms with Crippen LogP contribution in [-0.4, -0.2) is 43.6 Å². The molecule has 1 aliphatic carbocycles. The first kappa shape index (κ1) is 21.5. The number of hydrogen-bond acceptors (Lipinski definition) is 6. The van der Waals surface area contributed by atoms with Gasteiger partial charge < -0.3 is 14.2 Å². The van der Waals surface area contributed by atoms with Gasteiger partial charge in [-0.1, -0.05) is 30.3 Å². The van der Waals surface area contributed by atoms with Crippen LogP contribution in [0.3, 0.4) is 0 Å². The highest BCUT2D eigenvalue weighted by Gasteiger charge is 2.19. The first-order chi connectivity index (χ1) is 16.6. The maximum Gasteiger partial charge on any atom is 0.289 e. The van der Waals surface area contributed by atoms with Crippen molar-refractivity contribution in [1.29, 1.82) is 0 Å². The normalized spacial score (nSPS) is 12.3. The molecular weight excluding hydrogens is 432 g/mol. The van der Waals surface area contributed by atoms with E-state index >= 15 is 0 Å². The summed E-state index contributed by atoms with van der Waals surface area (Å²) in [4.78, 5) is 12.7. The summed E-state index contributed by atoms with van der Waals surface area (Å²) in [5.41, 5.74) is 7.90. The number of ether oxygens (including phenoxy) is 3. The molecule has 0 saturated carbocycles. The summed E-state index contributed by atoms with van der Waals surface area (Å²) >= 11 is 0. The van der Waals surface area contributed by atoms with Crippen molar-refractivity contribution < 1.29 is 19.0 Å². The molecule has 1 aromatic heterocycles. The number of nitrogens with zero attached hydrogens (tertiary/aromatic N) is 2. The van der Waals surface area contributed by atoms with Crippen LogP contribution in [0, 0.1) is 0 Å². The van der Waals surface area contributed by atoms with Crippen molar-refractivity contribution in [2.75, 3.05) is 21.3 Å². The Morgan fingerprint density at radius 3 is 2.56 bits per heavy atom. The fraction of sp³-hybridized carbons (Fsp3) is 0.192. The van der Waals surface area contributed by atoms with Gasteiger partial charge in [-0.05, 0) is 52.9 Å². The maximum atomic E-state index is 12.7. The van der Waals surface area contributed by atoms with Gasteiger partial charge in [0, 0.05) is 11.1 Å². The Kier molecular flexibility index (Phi) is 5.63. The van der Waals surface area contributed by atoms with Crippen molar-refractivity contribution in [3.05, 3.63) is 70.9 Å². The molecule has 2 N–H and O–H groups in total. The van der Waals surface area contributed by atoms with E-state index in [0.717, 1.165) is 23.8 Å². The number of H-pyrrole nitrogens is 1. The van der Waals surface area contributed by atoms with Gasteiger partial charge in [-0.15, -0.1) is 0 Å². The van der Waals surface area contributed by atoms with Crippen LogP contribution in [0.5, 0.6) is 17.2 Å². The second kappa shape index (κ2) is 8.90. The van der Waals surface area contributed by atoms with Crippen LogP contribution >= 0.6 is 0 Å². The lowest BCUT2D eigenvalue weighted by molar-refractivity contribution is 0.0950. The van der Waals surface area contributed by atoms with Gasteiger partial charge in [-0.2, -0.15) is 10.2 Å². The van der Waals surface area contributed by atoms with Crippen LogP contribution in [0.2, 0.25) is 0 Å². The van der Waals surface area contributed by atoms with E-state index in [1.54, 1.807) is 25.3 Å². The summed E-state index contributed by atoms with van der Waals surface area (Å²) in [6.45, 7) is 0. The van der Waals surface area contributed by atoms with Crippen LogP contribution in [0.15, 0.2) is 53.6 Å². The number of carbonyl (C=O) groups excluding carboxylic acids is 1. The summed E-state index contributed by atoms with van der Waals surface area (Å²) in [6, 6.07) is 15.8. The Hall–Kier alpha value is -4.33. The second-order valence-corrected chi connectivity index (χ2v) is 7.90. The molecular formula is C26H24N4O4. The topological polar surface area (TPSA) is 97.8 Å². The predicted molar refractivity (Wildman–Crippen MR) is 130 cm³/mol. The minimum Gasteiger partial charge on any atom is -0.493 e. The molecule has 172 valence electrons. The maximum absolute atomic E-state index is 12.7. The molecule has 4 aromatic rings. The Labute approximate surface area is 196 Å². The van der Waals surface area contributed by atoms with Crippen molar-refractivity contribution in [2.45, 2.75) is 12.8 Å². The smallest absolute Gasteiger partial charge is 0.289 e. The zero-order valence-electron chi connectivity index (χ0n) is 19.1. The number of aromatic amines is 1. The third-order valence-electron chi connectivity index (χ3n) is 6.08. The predicted octanol–water partition coefficient (Wildman–Crippen LogP) is 4.12. The third kappa shape index (κ3) is 3.63. The molecule has 8 nitrogen and oxygen atoms in total. The van der Waals surface area contributed by atoms with E-state index in [-0.39, 0.29) is 0 Å². The van der Waals surface area contributed by atoms with Gasteiger partial charge in [0.1, 0.15) is 5.69 Å². The number of carbonyl (C=O) groups is 1. The number of amides is 1. The van der Waals surface area contributed by atoms with Gasteiger partial charge in [0.2, 0.25) is 5.75 Å².